The first-order valence-electron chi connectivity index (χ1n) is 6.23. The summed E-state index contributed by atoms with van der Waals surface area (Å²) in [5.74, 6) is -0.907. The van der Waals surface area contributed by atoms with Crippen molar-refractivity contribution in [3.05, 3.63) is 46.5 Å². The fourth-order valence-electron chi connectivity index (χ4n) is 2.26. The SMILES string of the molecule is Cc1cc(F)cc(NC(C(N)=O)c2c(C)n[nH]c2C)c1. The molecule has 0 radical (unpaired) electrons. The molecular weight excluding hydrogens is 259 g/mol. The number of primary amides is 1. The second-order valence-electron chi connectivity index (χ2n) is 4.84. The number of nitrogens with zero attached hydrogens (tertiary/aromatic N) is 1. The third-order valence-corrected chi connectivity index (χ3v) is 3.11. The highest BCUT2D eigenvalue weighted by molar-refractivity contribution is 5.85. The van der Waals surface area contributed by atoms with E-state index in [1.807, 2.05) is 6.92 Å². The molecule has 6 heteroatoms. The Morgan fingerprint density at radius 2 is 2.05 bits per heavy atom. The van der Waals surface area contributed by atoms with E-state index in [1.165, 1.54) is 12.1 Å². The molecular formula is C14H17FN4O. The van der Waals surface area contributed by atoms with Crippen molar-refractivity contribution in [3.8, 4) is 0 Å². The summed E-state index contributed by atoms with van der Waals surface area (Å²) in [6.45, 7) is 5.37. The Kier molecular flexibility index (Phi) is 3.74. The zero-order chi connectivity index (χ0) is 14.9. The predicted molar refractivity (Wildman–Crippen MR) is 74.8 cm³/mol. The number of amides is 1. The number of benzene rings is 1. The molecule has 1 aromatic heterocycles. The summed E-state index contributed by atoms with van der Waals surface area (Å²) in [7, 11) is 0. The molecule has 0 spiro atoms. The maximum absolute atomic E-state index is 13.4. The molecule has 0 aliphatic rings. The molecule has 0 saturated heterocycles. The Bertz CT molecular complexity index is 611. The summed E-state index contributed by atoms with van der Waals surface area (Å²) in [4.78, 5) is 11.7. The minimum atomic E-state index is -0.755. The summed E-state index contributed by atoms with van der Waals surface area (Å²) in [5, 5.41) is 9.83. The minimum absolute atomic E-state index is 0.364. The van der Waals surface area contributed by atoms with Gasteiger partial charge in [0.15, 0.2) is 0 Å². The first kappa shape index (κ1) is 14.0. The van der Waals surface area contributed by atoms with Crippen LogP contribution in [0, 0.1) is 26.6 Å². The fourth-order valence-corrected chi connectivity index (χ4v) is 2.26. The first-order chi connectivity index (χ1) is 9.38. The average molecular weight is 276 g/mol. The third-order valence-electron chi connectivity index (χ3n) is 3.11. The number of H-pyrrole nitrogens is 1. The van der Waals surface area contributed by atoms with Crippen LogP contribution in [-0.4, -0.2) is 16.1 Å². The van der Waals surface area contributed by atoms with Crippen molar-refractivity contribution >= 4 is 11.6 Å². The second-order valence-corrected chi connectivity index (χ2v) is 4.84. The largest absolute Gasteiger partial charge is 0.370 e. The number of rotatable bonds is 4. The van der Waals surface area contributed by atoms with Gasteiger partial charge in [0.05, 0.1) is 5.69 Å². The Labute approximate surface area is 116 Å². The first-order valence-corrected chi connectivity index (χ1v) is 6.23. The Morgan fingerprint density at radius 3 is 2.55 bits per heavy atom. The molecule has 2 rings (SSSR count). The molecule has 0 aliphatic heterocycles. The van der Waals surface area contributed by atoms with Gasteiger partial charge in [-0.15, -0.1) is 0 Å². The summed E-state index contributed by atoms with van der Waals surface area (Å²) in [5.41, 5.74) is 8.86. The molecule has 1 unspecified atom stereocenters. The van der Waals surface area contributed by atoms with Gasteiger partial charge in [0.1, 0.15) is 11.9 Å². The highest BCUT2D eigenvalue weighted by atomic mass is 19.1. The van der Waals surface area contributed by atoms with Crippen LogP contribution < -0.4 is 11.1 Å². The lowest BCUT2D eigenvalue weighted by Crippen LogP contribution is -2.28. The molecule has 0 aliphatic carbocycles. The minimum Gasteiger partial charge on any atom is -0.370 e. The lowest BCUT2D eigenvalue weighted by Gasteiger charge is -2.18. The van der Waals surface area contributed by atoms with Gasteiger partial charge >= 0.3 is 0 Å². The fraction of sp³-hybridized carbons (Fsp3) is 0.286. The summed E-state index contributed by atoms with van der Waals surface area (Å²) in [6, 6.07) is 3.74. The highest BCUT2D eigenvalue weighted by Crippen LogP contribution is 2.25. The lowest BCUT2D eigenvalue weighted by atomic mass is 10.0. The molecule has 4 N–H and O–H groups in total. The van der Waals surface area contributed by atoms with Crippen molar-refractivity contribution in [3.63, 3.8) is 0 Å². The standard InChI is InChI=1S/C14H17FN4O/c1-7-4-10(15)6-11(5-7)17-13(14(16)20)12-8(2)18-19-9(12)3/h4-6,13,17H,1-3H3,(H2,16,20)(H,18,19). The van der Waals surface area contributed by atoms with E-state index >= 15 is 0 Å². The van der Waals surface area contributed by atoms with E-state index in [0.29, 0.717) is 16.9 Å². The molecule has 1 heterocycles. The van der Waals surface area contributed by atoms with Crippen molar-refractivity contribution in [2.24, 2.45) is 5.73 Å². The van der Waals surface area contributed by atoms with Crippen LogP contribution in [0.15, 0.2) is 18.2 Å². The van der Waals surface area contributed by atoms with Crippen LogP contribution in [0.2, 0.25) is 0 Å². The van der Waals surface area contributed by atoms with Gasteiger partial charge in [-0.1, -0.05) is 0 Å². The van der Waals surface area contributed by atoms with E-state index < -0.39 is 11.9 Å². The van der Waals surface area contributed by atoms with Gasteiger partial charge in [-0.3, -0.25) is 9.89 Å². The van der Waals surface area contributed by atoms with Crippen molar-refractivity contribution in [1.29, 1.82) is 0 Å². The van der Waals surface area contributed by atoms with Crippen LogP contribution >= 0.6 is 0 Å². The van der Waals surface area contributed by atoms with E-state index in [0.717, 1.165) is 11.3 Å². The molecule has 0 fully saturated rings. The number of aryl methyl sites for hydroxylation is 3. The maximum Gasteiger partial charge on any atom is 0.244 e. The Balaban J connectivity index is 2.38. The van der Waals surface area contributed by atoms with Gasteiger partial charge in [0, 0.05) is 16.9 Å². The Morgan fingerprint density at radius 1 is 1.35 bits per heavy atom. The van der Waals surface area contributed by atoms with Gasteiger partial charge in [-0.05, 0) is 44.5 Å². The zero-order valence-electron chi connectivity index (χ0n) is 11.6. The van der Waals surface area contributed by atoms with Crippen molar-refractivity contribution in [2.75, 3.05) is 5.32 Å². The van der Waals surface area contributed by atoms with E-state index in [4.69, 9.17) is 5.73 Å². The van der Waals surface area contributed by atoms with E-state index in [9.17, 15) is 9.18 Å². The number of carbonyl (C=O) groups excluding carboxylic acids is 1. The van der Waals surface area contributed by atoms with Crippen LogP contribution in [-0.2, 0) is 4.79 Å². The number of aromatic nitrogens is 2. The number of hydrogen-bond donors (Lipinski definition) is 3. The van der Waals surface area contributed by atoms with Crippen molar-refractivity contribution < 1.29 is 9.18 Å². The molecule has 106 valence electrons. The van der Waals surface area contributed by atoms with Crippen LogP contribution in [0.5, 0.6) is 0 Å². The normalized spacial score (nSPS) is 12.2. The molecule has 0 bridgehead atoms. The quantitative estimate of drug-likeness (QED) is 0.799. The molecule has 2 aromatic rings. The Hall–Kier alpha value is -2.37. The number of aromatic amines is 1. The monoisotopic (exact) mass is 276 g/mol. The molecule has 1 atom stereocenters. The number of carbonyl (C=O) groups is 1. The van der Waals surface area contributed by atoms with Crippen molar-refractivity contribution in [2.45, 2.75) is 26.8 Å². The number of nitrogens with one attached hydrogen (secondary N) is 2. The van der Waals surface area contributed by atoms with E-state index in [2.05, 4.69) is 15.5 Å². The highest BCUT2D eigenvalue weighted by Gasteiger charge is 2.23. The number of anilines is 1. The smallest absolute Gasteiger partial charge is 0.244 e. The molecule has 0 saturated carbocycles. The lowest BCUT2D eigenvalue weighted by molar-refractivity contribution is -0.118. The van der Waals surface area contributed by atoms with Gasteiger partial charge in [-0.2, -0.15) is 5.10 Å². The summed E-state index contributed by atoms with van der Waals surface area (Å²) in [6.07, 6.45) is 0. The third kappa shape index (κ3) is 2.79. The molecule has 5 nitrogen and oxygen atoms in total. The topological polar surface area (TPSA) is 83.8 Å². The van der Waals surface area contributed by atoms with Crippen LogP contribution in [0.1, 0.15) is 28.6 Å². The predicted octanol–water partition coefficient (Wildman–Crippen LogP) is 2.11. The number of hydrogen-bond acceptors (Lipinski definition) is 3. The maximum atomic E-state index is 13.4. The number of nitrogens with two attached hydrogens (primary N) is 1. The van der Waals surface area contributed by atoms with Gasteiger partial charge in [0.2, 0.25) is 5.91 Å². The van der Waals surface area contributed by atoms with Crippen LogP contribution in [0.4, 0.5) is 10.1 Å². The zero-order valence-corrected chi connectivity index (χ0v) is 11.6. The summed E-state index contributed by atoms with van der Waals surface area (Å²) < 4.78 is 13.4. The number of halogens is 1. The second kappa shape index (κ2) is 5.32. The van der Waals surface area contributed by atoms with Gasteiger partial charge < -0.3 is 11.1 Å². The van der Waals surface area contributed by atoms with E-state index in [1.54, 1.807) is 19.9 Å². The van der Waals surface area contributed by atoms with Gasteiger partial charge in [-0.25, -0.2) is 4.39 Å². The molecule has 20 heavy (non-hydrogen) atoms. The van der Waals surface area contributed by atoms with Crippen LogP contribution in [0.3, 0.4) is 0 Å². The average Bonchev–Trinajstić information content (AvgIpc) is 2.65. The van der Waals surface area contributed by atoms with Crippen LogP contribution in [0.25, 0.3) is 0 Å². The molecule has 1 amide bonds. The van der Waals surface area contributed by atoms with Crippen molar-refractivity contribution in [1.82, 2.24) is 10.2 Å². The summed E-state index contributed by atoms with van der Waals surface area (Å²) >= 11 is 0. The van der Waals surface area contributed by atoms with E-state index in [-0.39, 0.29) is 5.82 Å². The molecule has 1 aromatic carbocycles. The van der Waals surface area contributed by atoms with Gasteiger partial charge in [0.25, 0.3) is 0 Å².